The molecular formula is C19H33N5O6. The molecule has 0 aromatic carbocycles. The quantitative estimate of drug-likeness (QED) is 0.271. The number of carboxylic acid groups (broad SMARTS) is 1. The van der Waals surface area contributed by atoms with Crippen LogP contribution in [-0.2, 0) is 24.0 Å². The number of primary amides is 1. The first kappa shape index (κ1) is 25.3. The number of hydrogen-bond donors (Lipinski definition) is 5. The van der Waals surface area contributed by atoms with Crippen LogP contribution in [0.2, 0.25) is 0 Å². The highest BCUT2D eigenvalue weighted by atomic mass is 16.4. The highest BCUT2D eigenvalue weighted by molar-refractivity contribution is 5.94. The van der Waals surface area contributed by atoms with E-state index >= 15 is 0 Å². The Kier molecular flexibility index (Phi) is 9.70. The first-order valence-electron chi connectivity index (χ1n) is 10.2. The van der Waals surface area contributed by atoms with Crippen LogP contribution in [0.25, 0.3) is 0 Å². The lowest BCUT2D eigenvalue weighted by atomic mass is 9.98. The van der Waals surface area contributed by atoms with E-state index in [-0.39, 0.29) is 24.7 Å². The van der Waals surface area contributed by atoms with Gasteiger partial charge in [0.2, 0.25) is 23.6 Å². The molecule has 0 aromatic rings. The fraction of sp³-hybridized carbons (Fsp3) is 0.737. The number of nitrogens with zero attached hydrogens (tertiary/aromatic N) is 1. The summed E-state index contributed by atoms with van der Waals surface area (Å²) >= 11 is 0. The van der Waals surface area contributed by atoms with Crippen molar-refractivity contribution in [2.75, 3.05) is 6.54 Å². The normalized spacial score (nSPS) is 20.0. The van der Waals surface area contributed by atoms with Crippen LogP contribution in [0.4, 0.5) is 0 Å². The average molecular weight is 428 g/mol. The molecule has 1 saturated heterocycles. The molecule has 0 saturated carbocycles. The summed E-state index contributed by atoms with van der Waals surface area (Å²) in [6.45, 7) is 5.62. The number of nitrogens with one attached hydrogen (secondary N) is 2. The molecule has 0 spiro atoms. The third-order valence-corrected chi connectivity index (χ3v) is 5.43. The summed E-state index contributed by atoms with van der Waals surface area (Å²) in [7, 11) is 0. The van der Waals surface area contributed by atoms with Crippen LogP contribution in [0.5, 0.6) is 0 Å². The van der Waals surface area contributed by atoms with E-state index in [9.17, 15) is 29.1 Å². The van der Waals surface area contributed by atoms with E-state index in [0.29, 0.717) is 19.4 Å². The van der Waals surface area contributed by atoms with Crippen molar-refractivity contribution >= 4 is 29.6 Å². The maximum Gasteiger partial charge on any atom is 0.326 e. The topological polar surface area (TPSA) is 185 Å². The number of rotatable bonds is 11. The fourth-order valence-corrected chi connectivity index (χ4v) is 3.21. The van der Waals surface area contributed by atoms with Gasteiger partial charge in [-0.1, -0.05) is 20.3 Å². The predicted molar refractivity (Wildman–Crippen MR) is 108 cm³/mol. The van der Waals surface area contributed by atoms with Gasteiger partial charge in [-0.3, -0.25) is 19.2 Å². The second-order valence-corrected chi connectivity index (χ2v) is 7.74. The molecule has 5 atom stereocenters. The number of aliphatic carboxylic acids is 1. The molecule has 11 heteroatoms. The largest absolute Gasteiger partial charge is 0.480 e. The second-order valence-electron chi connectivity index (χ2n) is 7.74. The summed E-state index contributed by atoms with van der Waals surface area (Å²) in [6.07, 6.45) is 1.47. The van der Waals surface area contributed by atoms with Gasteiger partial charge < -0.3 is 32.1 Å². The van der Waals surface area contributed by atoms with E-state index in [0.717, 1.165) is 6.42 Å². The minimum Gasteiger partial charge on any atom is -0.480 e. The molecule has 30 heavy (non-hydrogen) atoms. The van der Waals surface area contributed by atoms with Crippen LogP contribution in [0, 0.1) is 5.92 Å². The van der Waals surface area contributed by atoms with Crippen molar-refractivity contribution < 1.29 is 29.1 Å². The number of carbonyl (C=O) groups excluding carboxylic acids is 4. The van der Waals surface area contributed by atoms with Gasteiger partial charge >= 0.3 is 5.97 Å². The summed E-state index contributed by atoms with van der Waals surface area (Å²) in [5.41, 5.74) is 11.0. The molecule has 170 valence electrons. The van der Waals surface area contributed by atoms with Gasteiger partial charge in [-0.2, -0.15) is 0 Å². The van der Waals surface area contributed by atoms with E-state index in [4.69, 9.17) is 11.5 Å². The number of carbonyl (C=O) groups is 5. The zero-order chi connectivity index (χ0) is 23.0. The van der Waals surface area contributed by atoms with Gasteiger partial charge in [0, 0.05) is 13.0 Å². The Morgan fingerprint density at radius 3 is 2.33 bits per heavy atom. The van der Waals surface area contributed by atoms with Crippen molar-refractivity contribution in [3.05, 3.63) is 0 Å². The highest BCUT2D eigenvalue weighted by Gasteiger charge is 2.38. The molecule has 1 heterocycles. The first-order chi connectivity index (χ1) is 14.0. The third-order valence-electron chi connectivity index (χ3n) is 5.43. The fourth-order valence-electron chi connectivity index (χ4n) is 3.21. The lowest BCUT2D eigenvalue weighted by molar-refractivity contribution is -0.143. The summed E-state index contributed by atoms with van der Waals surface area (Å²) in [4.78, 5) is 61.2. The Labute approximate surface area is 175 Å². The summed E-state index contributed by atoms with van der Waals surface area (Å²) in [5.74, 6) is -3.53. The van der Waals surface area contributed by atoms with Gasteiger partial charge in [-0.15, -0.1) is 0 Å². The van der Waals surface area contributed by atoms with E-state index in [1.165, 1.54) is 11.8 Å². The van der Waals surface area contributed by atoms with Crippen LogP contribution in [-0.4, -0.2) is 70.3 Å². The molecule has 4 amide bonds. The monoisotopic (exact) mass is 427 g/mol. The van der Waals surface area contributed by atoms with Gasteiger partial charge in [-0.05, 0) is 32.1 Å². The summed E-state index contributed by atoms with van der Waals surface area (Å²) < 4.78 is 0. The maximum atomic E-state index is 12.7. The molecule has 0 aliphatic carbocycles. The van der Waals surface area contributed by atoms with Crippen molar-refractivity contribution in [2.45, 2.75) is 77.0 Å². The van der Waals surface area contributed by atoms with E-state index in [1.807, 2.05) is 13.8 Å². The molecule has 1 fully saturated rings. The molecular weight excluding hydrogens is 394 g/mol. The van der Waals surface area contributed by atoms with Crippen LogP contribution in [0.1, 0.15) is 52.9 Å². The van der Waals surface area contributed by atoms with Crippen molar-refractivity contribution in [1.29, 1.82) is 0 Å². The zero-order valence-corrected chi connectivity index (χ0v) is 17.7. The number of nitrogens with two attached hydrogens (primary N) is 2. The number of carboxylic acids is 1. The van der Waals surface area contributed by atoms with Gasteiger partial charge in [0.15, 0.2) is 0 Å². The molecule has 5 unspecified atom stereocenters. The Hall–Kier alpha value is -2.69. The second kappa shape index (κ2) is 11.5. The van der Waals surface area contributed by atoms with E-state index in [1.54, 1.807) is 0 Å². The lowest BCUT2D eigenvalue weighted by Crippen LogP contribution is -2.56. The summed E-state index contributed by atoms with van der Waals surface area (Å²) in [6, 6.07) is -3.77. The lowest BCUT2D eigenvalue weighted by Gasteiger charge is -2.29. The van der Waals surface area contributed by atoms with Gasteiger partial charge in [0.1, 0.15) is 18.1 Å². The zero-order valence-electron chi connectivity index (χ0n) is 17.7. The number of amides is 4. The van der Waals surface area contributed by atoms with Crippen molar-refractivity contribution in [3.8, 4) is 0 Å². The van der Waals surface area contributed by atoms with Crippen molar-refractivity contribution in [2.24, 2.45) is 17.4 Å². The predicted octanol–water partition coefficient (Wildman–Crippen LogP) is -1.31. The molecule has 1 aliphatic rings. The minimum atomic E-state index is -1.31. The minimum absolute atomic E-state index is 0.0279. The Morgan fingerprint density at radius 2 is 1.80 bits per heavy atom. The Balaban J connectivity index is 2.70. The smallest absolute Gasteiger partial charge is 0.326 e. The molecule has 0 radical (unpaired) electrons. The van der Waals surface area contributed by atoms with Crippen LogP contribution in [0.15, 0.2) is 0 Å². The SMILES string of the molecule is CCC(C)C(N)C(=O)N1CCCC1C(=O)NC(C)C(=O)NC(CCC(N)=O)C(=O)O. The molecule has 7 N–H and O–H groups in total. The van der Waals surface area contributed by atoms with Crippen LogP contribution in [0.3, 0.4) is 0 Å². The molecule has 0 bridgehead atoms. The average Bonchev–Trinajstić information content (AvgIpc) is 3.18. The Bertz CT molecular complexity index is 670. The van der Waals surface area contributed by atoms with Crippen LogP contribution >= 0.6 is 0 Å². The Morgan fingerprint density at radius 1 is 1.17 bits per heavy atom. The number of likely N-dealkylation sites (tertiary alicyclic amines) is 1. The standard InChI is InChI=1S/C19H33N5O6/c1-4-10(2)15(21)18(28)24-9-5-6-13(24)17(27)22-11(3)16(26)23-12(19(29)30)7-8-14(20)25/h10-13,15H,4-9,21H2,1-3H3,(H2,20,25)(H,22,27)(H,23,26)(H,29,30). The van der Waals surface area contributed by atoms with Crippen molar-refractivity contribution in [1.82, 2.24) is 15.5 Å². The highest BCUT2D eigenvalue weighted by Crippen LogP contribution is 2.20. The van der Waals surface area contributed by atoms with Crippen molar-refractivity contribution in [3.63, 3.8) is 0 Å². The van der Waals surface area contributed by atoms with E-state index < -0.39 is 47.9 Å². The molecule has 1 rings (SSSR count). The third kappa shape index (κ3) is 6.97. The summed E-state index contributed by atoms with van der Waals surface area (Å²) in [5, 5.41) is 14.0. The van der Waals surface area contributed by atoms with Crippen LogP contribution < -0.4 is 22.1 Å². The van der Waals surface area contributed by atoms with E-state index in [2.05, 4.69) is 10.6 Å². The van der Waals surface area contributed by atoms with Gasteiger partial charge in [0.25, 0.3) is 0 Å². The molecule has 1 aliphatic heterocycles. The number of hydrogen-bond acceptors (Lipinski definition) is 6. The molecule has 0 aromatic heterocycles. The maximum absolute atomic E-state index is 12.7. The molecule has 11 nitrogen and oxygen atoms in total. The van der Waals surface area contributed by atoms with Gasteiger partial charge in [-0.25, -0.2) is 4.79 Å². The first-order valence-corrected chi connectivity index (χ1v) is 10.2. The van der Waals surface area contributed by atoms with Gasteiger partial charge in [0.05, 0.1) is 6.04 Å².